The third-order valence-electron chi connectivity index (χ3n) is 4.68. The van der Waals surface area contributed by atoms with Crippen LogP contribution in [0.15, 0.2) is 48.5 Å². The Morgan fingerprint density at radius 2 is 1.88 bits per heavy atom. The quantitative estimate of drug-likeness (QED) is 0.698. The fourth-order valence-corrected chi connectivity index (χ4v) is 3.55. The molecule has 4 rings (SSSR count). The zero-order chi connectivity index (χ0) is 17.4. The van der Waals surface area contributed by atoms with Gasteiger partial charge in [0, 0.05) is 12.0 Å². The molecule has 1 aliphatic rings. The van der Waals surface area contributed by atoms with E-state index >= 15 is 0 Å². The predicted octanol–water partition coefficient (Wildman–Crippen LogP) is 4.22. The molecule has 1 N–H and O–H groups in total. The van der Waals surface area contributed by atoms with Crippen LogP contribution in [-0.4, -0.2) is 29.0 Å². The number of rotatable bonds is 5. The Morgan fingerprint density at radius 3 is 2.60 bits per heavy atom. The first-order valence-corrected chi connectivity index (χ1v) is 8.58. The van der Waals surface area contributed by atoms with E-state index in [9.17, 15) is 0 Å². The van der Waals surface area contributed by atoms with Crippen LogP contribution < -0.4 is 9.47 Å². The van der Waals surface area contributed by atoms with Crippen LogP contribution >= 0.6 is 12.2 Å². The van der Waals surface area contributed by atoms with Crippen LogP contribution in [0.1, 0.15) is 29.6 Å². The van der Waals surface area contributed by atoms with E-state index in [0.29, 0.717) is 16.6 Å². The second-order valence-electron chi connectivity index (χ2n) is 6.12. The normalized spacial score (nSPS) is 18.8. The standard InChI is InChI=1S/C19H19N3O2S/c1-23-13-8-9-17(24-2)16(10-13)22-18(20-21-19(22)25)15-11-14(15)12-6-4-3-5-7-12/h3-10,14-15H,11H2,1-2H3,(H,21,25)/t14-,15?/m1/s1. The summed E-state index contributed by atoms with van der Waals surface area (Å²) in [6.07, 6.45) is 1.07. The van der Waals surface area contributed by atoms with Gasteiger partial charge in [-0.15, -0.1) is 0 Å². The minimum atomic E-state index is 0.339. The first-order chi connectivity index (χ1) is 12.2. The van der Waals surface area contributed by atoms with Crippen molar-refractivity contribution in [3.05, 3.63) is 64.7 Å². The molecule has 0 spiro atoms. The highest BCUT2D eigenvalue weighted by atomic mass is 32.1. The maximum absolute atomic E-state index is 5.53. The molecule has 1 saturated carbocycles. The van der Waals surface area contributed by atoms with Gasteiger partial charge in [0.2, 0.25) is 0 Å². The lowest BCUT2D eigenvalue weighted by atomic mass is 10.1. The smallest absolute Gasteiger partial charge is 0.200 e. The number of aromatic amines is 1. The van der Waals surface area contributed by atoms with Crippen LogP contribution in [0.25, 0.3) is 5.69 Å². The third kappa shape index (κ3) is 2.82. The fraction of sp³-hybridized carbons (Fsp3) is 0.263. The van der Waals surface area contributed by atoms with Gasteiger partial charge in [0.1, 0.15) is 17.3 Å². The molecule has 0 saturated heterocycles. The van der Waals surface area contributed by atoms with Crippen LogP contribution in [-0.2, 0) is 0 Å². The SMILES string of the molecule is COc1ccc(OC)c(-n2c(C3C[C@@H]3c3ccccc3)n[nH]c2=S)c1. The molecule has 1 unspecified atom stereocenters. The Hall–Kier alpha value is -2.60. The first kappa shape index (κ1) is 15.9. The summed E-state index contributed by atoms with van der Waals surface area (Å²) in [5.41, 5.74) is 2.18. The molecule has 1 heterocycles. The zero-order valence-electron chi connectivity index (χ0n) is 14.1. The highest BCUT2D eigenvalue weighted by molar-refractivity contribution is 7.71. The summed E-state index contributed by atoms with van der Waals surface area (Å²) in [5.74, 6) is 3.23. The van der Waals surface area contributed by atoms with Gasteiger partial charge in [0.05, 0.1) is 19.9 Å². The minimum Gasteiger partial charge on any atom is -0.497 e. The van der Waals surface area contributed by atoms with Crippen molar-refractivity contribution >= 4 is 12.2 Å². The van der Waals surface area contributed by atoms with Crippen molar-refractivity contribution < 1.29 is 9.47 Å². The van der Waals surface area contributed by atoms with E-state index in [-0.39, 0.29) is 0 Å². The number of aromatic nitrogens is 3. The third-order valence-corrected chi connectivity index (χ3v) is 4.95. The number of ether oxygens (including phenoxy) is 2. The summed E-state index contributed by atoms with van der Waals surface area (Å²) in [7, 11) is 3.30. The molecule has 0 aliphatic heterocycles. The molecule has 1 fully saturated rings. The van der Waals surface area contributed by atoms with E-state index in [1.54, 1.807) is 14.2 Å². The van der Waals surface area contributed by atoms with E-state index < -0.39 is 0 Å². The summed E-state index contributed by atoms with van der Waals surface area (Å²) < 4.78 is 13.4. The van der Waals surface area contributed by atoms with Crippen molar-refractivity contribution in [3.8, 4) is 17.2 Å². The molecular weight excluding hydrogens is 334 g/mol. The number of nitrogens with zero attached hydrogens (tertiary/aromatic N) is 2. The average molecular weight is 353 g/mol. The fourth-order valence-electron chi connectivity index (χ4n) is 3.31. The highest BCUT2D eigenvalue weighted by Crippen LogP contribution is 2.54. The number of hydrogen-bond acceptors (Lipinski definition) is 4. The Labute approximate surface area is 151 Å². The molecule has 2 aromatic carbocycles. The van der Waals surface area contributed by atoms with Gasteiger partial charge in [0.15, 0.2) is 4.77 Å². The van der Waals surface area contributed by atoms with Gasteiger partial charge in [-0.2, -0.15) is 5.10 Å². The summed E-state index contributed by atoms with van der Waals surface area (Å²) in [6, 6.07) is 16.2. The van der Waals surface area contributed by atoms with Crippen LogP contribution in [0.5, 0.6) is 11.5 Å². The Morgan fingerprint density at radius 1 is 1.08 bits per heavy atom. The predicted molar refractivity (Wildman–Crippen MR) is 98.4 cm³/mol. The number of nitrogens with one attached hydrogen (secondary N) is 1. The lowest BCUT2D eigenvalue weighted by Crippen LogP contribution is -2.04. The Kier molecular flexibility index (Phi) is 4.05. The van der Waals surface area contributed by atoms with Gasteiger partial charge in [-0.3, -0.25) is 9.67 Å². The molecule has 25 heavy (non-hydrogen) atoms. The number of H-pyrrole nitrogens is 1. The van der Waals surface area contributed by atoms with E-state index in [0.717, 1.165) is 29.4 Å². The molecular formula is C19H19N3O2S. The van der Waals surface area contributed by atoms with E-state index in [4.69, 9.17) is 21.7 Å². The summed E-state index contributed by atoms with van der Waals surface area (Å²) in [6.45, 7) is 0. The van der Waals surface area contributed by atoms with Crippen molar-refractivity contribution in [2.24, 2.45) is 0 Å². The maximum atomic E-state index is 5.53. The van der Waals surface area contributed by atoms with Gasteiger partial charge in [-0.25, -0.2) is 0 Å². The van der Waals surface area contributed by atoms with Crippen molar-refractivity contribution in [3.63, 3.8) is 0 Å². The monoisotopic (exact) mass is 353 g/mol. The second kappa shape index (κ2) is 6.37. The van der Waals surface area contributed by atoms with E-state index in [1.165, 1.54) is 5.56 Å². The average Bonchev–Trinajstić information content (AvgIpc) is 3.37. The largest absolute Gasteiger partial charge is 0.497 e. The first-order valence-electron chi connectivity index (χ1n) is 8.17. The van der Waals surface area contributed by atoms with Crippen LogP contribution in [0.2, 0.25) is 0 Å². The van der Waals surface area contributed by atoms with Crippen LogP contribution in [0.4, 0.5) is 0 Å². The molecule has 6 heteroatoms. The van der Waals surface area contributed by atoms with Crippen molar-refractivity contribution in [1.82, 2.24) is 14.8 Å². The molecule has 2 atom stereocenters. The molecule has 5 nitrogen and oxygen atoms in total. The van der Waals surface area contributed by atoms with Gasteiger partial charge in [-0.05, 0) is 42.3 Å². The number of benzene rings is 2. The van der Waals surface area contributed by atoms with Gasteiger partial charge >= 0.3 is 0 Å². The van der Waals surface area contributed by atoms with E-state index in [1.807, 2.05) is 28.8 Å². The molecule has 128 valence electrons. The molecule has 0 amide bonds. The van der Waals surface area contributed by atoms with Crippen LogP contribution in [0, 0.1) is 4.77 Å². The number of methoxy groups -OCH3 is 2. The second-order valence-corrected chi connectivity index (χ2v) is 6.51. The molecule has 0 radical (unpaired) electrons. The van der Waals surface area contributed by atoms with Gasteiger partial charge in [0.25, 0.3) is 0 Å². The Balaban J connectivity index is 1.76. The molecule has 3 aromatic rings. The molecule has 1 aliphatic carbocycles. The topological polar surface area (TPSA) is 52.1 Å². The van der Waals surface area contributed by atoms with Crippen molar-refractivity contribution in [2.75, 3.05) is 14.2 Å². The minimum absolute atomic E-state index is 0.339. The maximum Gasteiger partial charge on any atom is 0.200 e. The zero-order valence-corrected chi connectivity index (χ0v) is 14.9. The molecule has 1 aromatic heterocycles. The highest BCUT2D eigenvalue weighted by Gasteiger charge is 2.43. The summed E-state index contributed by atoms with van der Waals surface area (Å²) in [5, 5.41) is 7.45. The van der Waals surface area contributed by atoms with Gasteiger partial charge in [-0.1, -0.05) is 30.3 Å². The lowest BCUT2D eigenvalue weighted by Gasteiger charge is -2.13. The van der Waals surface area contributed by atoms with E-state index in [2.05, 4.69) is 34.5 Å². The summed E-state index contributed by atoms with van der Waals surface area (Å²) in [4.78, 5) is 0. The number of hydrogen-bond donors (Lipinski definition) is 1. The van der Waals surface area contributed by atoms with Crippen molar-refractivity contribution in [1.29, 1.82) is 0 Å². The van der Waals surface area contributed by atoms with Gasteiger partial charge < -0.3 is 9.47 Å². The lowest BCUT2D eigenvalue weighted by molar-refractivity contribution is 0.401. The van der Waals surface area contributed by atoms with Crippen LogP contribution in [0.3, 0.4) is 0 Å². The van der Waals surface area contributed by atoms with Crippen molar-refractivity contribution in [2.45, 2.75) is 18.3 Å². The molecule has 0 bridgehead atoms. The Bertz CT molecular complexity index is 949. The summed E-state index contributed by atoms with van der Waals surface area (Å²) >= 11 is 5.49.